The Morgan fingerprint density at radius 3 is 2.43 bits per heavy atom. The predicted molar refractivity (Wildman–Crippen MR) is 162 cm³/mol. The number of carbonyl (C=O) groups excluding carboxylic acids is 2. The molecular formula is C31H35F3N6O4. The second-order valence-electron chi connectivity index (χ2n) is 11.3. The summed E-state index contributed by atoms with van der Waals surface area (Å²) in [7, 11) is 1.48. The zero-order valence-electron chi connectivity index (χ0n) is 25.0. The van der Waals surface area contributed by atoms with Gasteiger partial charge in [0.25, 0.3) is 0 Å². The summed E-state index contributed by atoms with van der Waals surface area (Å²) in [6, 6.07) is 11.2. The van der Waals surface area contributed by atoms with Crippen molar-refractivity contribution in [3.05, 3.63) is 66.9 Å². The monoisotopic (exact) mass is 612 g/mol. The molecule has 1 aliphatic heterocycles. The molecule has 4 rings (SSSR count). The number of benzene rings is 2. The van der Waals surface area contributed by atoms with E-state index in [0.717, 1.165) is 11.8 Å². The number of hydrogen-bond donors (Lipinski definition) is 2. The molecule has 2 amide bonds. The summed E-state index contributed by atoms with van der Waals surface area (Å²) >= 11 is 0. The van der Waals surface area contributed by atoms with Crippen LogP contribution >= 0.6 is 0 Å². The maximum absolute atomic E-state index is 13.8. The number of amides is 2. The van der Waals surface area contributed by atoms with E-state index in [1.165, 1.54) is 25.3 Å². The molecule has 0 unspecified atom stereocenters. The molecule has 0 atom stereocenters. The Morgan fingerprint density at radius 1 is 1.07 bits per heavy atom. The number of piperazine rings is 1. The van der Waals surface area contributed by atoms with Crippen molar-refractivity contribution in [2.75, 3.05) is 48.8 Å². The Balaban J connectivity index is 1.51. The van der Waals surface area contributed by atoms with Gasteiger partial charge >= 0.3 is 6.18 Å². The van der Waals surface area contributed by atoms with Crippen LogP contribution in [0.2, 0.25) is 0 Å². The molecule has 1 fully saturated rings. The van der Waals surface area contributed by atoms with Crippen molar-refractivity contribution in [3.63, 3.8) is 0 Å². The van der Waals surface area contributed by atoms with Gasteiger partial charge in [-0.25, -0.2) is 4.98 Å². The van der Waals surface area contributed by atoms with Crippen molar-refractivity contribution in [2.45, 2.75) is 33.4 Å². The highest BCUT2D eigenvalue weighted by Crippen LogP contribution is 2.38. The average molecular weight is 613 g/mol. The van der Waals surface area contributed by atoms with Crippen LogP contribution in [0.4, 0.5) is 36.2 Å². The lowest BCUT2D eigenvalue weighted by Crippen LogP contribution is -2.49. The number of carbonyl (C=O) groups is 2. The number of nitrogens with zero attached hydrogens (tertiary/aromatic N) is 4. The van der Waals surface area contributed by atoms with Crippen LogP contribution < -0.4 is 25.0 Å². The number of hydrogen-bond acceptors (Lipinski definition) is 8. The van der Waals surface area contributed by atoms with Crippen LogP contribution in [0.1, 0.15) is 32.8 Å². The molecule has 1 aliphatic rings. The SMILES string of the molecule is C=CC(=O)Nc1cccc(Oc2nc(Nc3ccc(N4CCN(C(=O)CC(C)(C)C)CC4)cc3OC)ncc2C(F)(F)F)c1. The van der Waals surface area contributed by atoms with Gasteiger partial charge in [0.1, 0.15) is 17.1 Å². The van der Waals surface area contributed by atoms with E-state index in [-0.39, 0.29) is 23.0 Å². The molecule has 0 bridgehead atoms. The van der Waals surface area contributed by atoms with Gasteiger partial charge in [0.15, 0.2) is 0 Å². The highest BCUT2D eigenvalue weighted by Gasteiger charge is 2.36. The van der Waals surface area contributed by atoms with E-state index in [0.29, 0.717) is 55.9 Å². The van der Waals surface area contributed by atoms with Crippen LogP contribution in [0.5, 0.6) is 17.4 Å². The Bertz CT molecular complexity index is 1510. The molecule has 44 heavy (non-hydrogen) atoms. The lowest BCUT2D eigenvalue weighted by molar-refractivity contribution is -0.139. The van der Waals surface area contributed by atoms with Crippen LogP contribution in [0, 0.1) is 5.41 Å². The zero-order valence-corrected chi connectivity index (χ0v) is 25.0. The van der Waals surface area contributed by atoms with Gasteiger partial charge in [-0.05, 0) is 35.8 Å². The minimum atomic E-state index is -4.79. The van der Waals surface area contributed by atoms with Gasteiger partial charge in [0.05, 0.1) is 12.8 Å². The number of alkyl halides is 3. The third-order valence-corrected chi connectivity index (χ3v) is 6.67. The molecule has 0 radical (unpaired) electrons. The molecular weight excluding hydrogens is 577 g/mol. The molecule has 2 aromatic carbocycles. The van der Waals surface area contributed by atoms with E-state index in [1.54, 1.807) is 18.2 Å². The first-order chi connectivity index (χ1) is 20.8. The van der Waals surface area contributed by atoms with Crippen LogP contribution in [0.3, 0.4) is 0 Å². The first kappa shape index (κ1) is 32.1. The number of halogens is 3. The smallest absolute Gasteiger partial charge is 0.423 e. The fourth-order valence-electron chi connectivity index (χ4n) is 4.52. The third-order valence-electron chi connectivity index (χ3n) is 6.67. The normalized spacial score (nSPS) is 13.7. The molecule has 2 N–H and O–H groups in total. The number of nitrogens with one attached hydrogen (secondary N) is 2. The second-order valence-corrected chi connectivity index (χ2v) is 11.3. The first-order valence-electron chi connectivity index (χ1n) is 13.9. The Kier molecular flexibility index (Phi) is 9.65. The Morgan fingerprint density at radius 2 is 1.80 bits per heavy atom. The summed E-state index contributed by atoms with van der Waals surface area (Å²) in [6.07, 6.45) is -2.60. The molecule has 0 saturated carbocycles. The predicted octanol–water partition coefficient (Wildman–Crippen LogP) is 6.25. The molecule has 10 nitrogen and oxygen atoms in total. The van der Waals surface area contributed by atoms with Gasteiger partial charge in [0, 0.05) is 62.3 Å². The molecule has 234 valence electrons. The van der Waals surface area contributed by atoms with Gasteiger partial charge in [-0.2, -0.15) is 18.2 Å². The van der Waals surface area contributed by atoms with E-state index < -0.39 is 23.5 Å². The number of ether oxygens (including phenoxy) is 2. The van der Waals surface area contributed by atoms with Gasteiger partial charge in [-0.1, -0.05) is 33.4 Å². The van der Waals surface area contributed by atoms with Crippen molar-refractivity contribution < 1.29 is 32.2 Å². The lowest BCUT2D eigenvalue weighted by Gasteiger charge is -2.37. The summed E-state index contributed by atoms with van der Waals surface area (Å²) in [6.45, 7) is 12.0. The summed E-state index contributed by atoms with van der Waals surface area (Å²) in [5, 5.41) is 5.44. The summed E-state index contributed by atoms with van der Waals surface area (Å²) < 4.78 is 52.5. The molecule has 3 aromatic rings. The summed E-state index contributed by atoms with van der Waals surface area (Å²) in [4.78, 5) is 36.1. The molecule has 2 heterocycles. The van der Waals surface area contributed by atoms with Crippen LogP contribution in [0.25, 0.3) is 0 Å². The van der Waals surface area contributed by atoms with Gasteiger partial charge in [-0.3, -0.25) is 9.59 Å². The number of rotatable bonds is 9. The van der Waals surface area contributed by atoms with Crippen molar-refractivity contribution in [2.24, 2.45) is 5.41 Å². The first-order valence-corrected chi connectivity index (χ1v) is 13.9. The van der Waals surface area contributed by atoms with E-state index in [1.807, 2.05) is 31.7 Å². The molecule has 0 aliphatic carbocycles. The van der Waals surface area contributed by atoms with Gasteiger partial charge in [0.2, 0.25) is 23.6 Å². The average Bonchev–Trinajstić information content (AvgIpc) is 2.96. The van der Waals surface area contributed by atoms with Crippen LogP contribution in [-0.2, 0) is 15.8 Å². The molecule has 0 spiro atoms. The topological polar surface area (TPSA) is 109 Å². The number of methoxy groups -OCH3 is 1. The molecule has 13 heteroatoms. The van der Waals surface area contributed by atoms with Crippen LogP contribution in [0.15, 0.2) is 61.3 Å². The van der Waals surface area contributed by atoms with Crippen molar-refractivity contribution in [3.8, 4) is 17.4 Å². The highest BCUT2D eigenvalue weighted by molar-refractivity contribution is 5.98. The zero-order chi connectivity index (χ0) is 32.1. The highest BCUT2D eigenvalue weighted by atomic mass is 19.4. The fraction of sp³-hybridized carbons (Fsp3) is 0.355. The standard InChI is InChI=1S/C31H35F3N6O4/c1-6-26(41)36-20-8-7-9-22(16-20)44-28-23(31(32,33)34)19-35-29(38-28)37-24-11-10-21(17-25(24)43-5)39-12-14-40(15-13-39)27(42)18-30(2,3)4/h6-11,16-17,19H,1,12-15,18H2,2-5H3,(H,36,41)(H,35,37,38). The Labute approximate surface area is 253 Å². The molecule has 1 saturated heterocycles. The van der Waals surface area contributed by atoms with Crippen molar-refractivity contribution in [1.29, 1.82) is 0 Å². The van der Waals surface area contributed by atoms with Crippen molar-refractivity contribution >= 4 is 34.8 Å². The minimum absolute atomic E-state index is 0.0177. The molecule has 1 aromatic heterocycles. The minimum Gasteiger partial charge on any atom is -0.494 e. The Hall–Kier alpha value is -4.81. The van der Waals surface area contributed by atoms with Gasteiger partial charge < -0.3 is 29.9 Å². The number of anilines is 4. The van der Waals surface area contributed by atoms with E-state index in [9.17, 15) is 22.8 Å². The van der Waals surface area contributed by atoms with E-state index >= 15 is 0 Å². The summed E-state index contributed by atoms with van der Waals surface area (Å²) in [5.41, 5.74) is 0.345. The maximum Gasteiger partial charge on any atom is 0.423 e. The van der Waals surface area contributed by atoms with Gasteiger partial charge in [-0.15, -0.1) is 0 Å². The fourth-order valence-corrected chi connectivity index (χ4v) is 4.52. The third kappa shape index (κ3) is 8.39. The number of aromatic nitrogens is 2. The summed E-state index contributed by atoms with van der Waals surface area (Å²) in [5.74, 6) is -0.784. The van der Waals surface area contributed by atoms with E-state index in [4.69, 9.17) is 9.47 Å². The second kappa shape index (κ2) is 13.2. The maximum atomic E-state index is 13.8. The van der Waals surface area contributed by atoms with Crippen molar-refractivity contribution in [1.82, 2.24) is 14.9 Å². The van der Waals surface area contributed by atoms with Crippen LogP contribution in [-0.4, -0.2) is 60.0 Å². The van der Waals surface area contributed by atoms with E-state index in [2.05, 4.69) is 32.1 Å². The largest absolute Gasteiger partial charge is 0.494 e. The lowest BCUT2D eigenvalue weighted by atomic mass is 9.91. The quantitative estimate of drug-likeness (QED) is 0.273.